The third kappa shape index (κ3) is 3.29. The lowest BCUT2D eigenvalue weighted by atomic mass is 10.1. The van der Waals surface area contributed by atoms with Gasteiger partial charge >= 0.3 is 0 Å². The van der Waals surface area contributed by atoms with E-state index < -0.39 is 8.07 Å². The highest BCUT2D eigenvalue weighted by Gasteiger charge is 2.51. The van der Waals surface area contributed by atoms with E-state index in [2.05, 4.69) is 146 Å². The molecule has 0 saturated heterocycles. The summed E-state index contributed by atoms with van der Waals surface area (Å²) in [6, 6.07) is 48.5. The number of hydrogen-bond donors (Lipinski definition) is 0. The molecule has 3 heterocycles. The summed E-state index contributed by atoms with van der Waals surface area (Å²) in [5, 5.41) is 8.68. The van der Waals surface area contributed by atoms with E-state index in [-0.39, 0.29) is 0 Å². The lowest BCUT2D eigenvalue weighted by Crippen LogP contribution is -2.78. The van der Waals surface area contributed by atoms with Gasteiger partial charge < -0.3 is 4.57 Å². The van der Waals surface area contributed by atoms with E-state index in [9.17, 15) is 0 Å². The van der Waals surface area contributed by atoms with Crippen LogP contribution in [0.1, 0.15) is 11.1 Å². The first-order valence-corrected chi connectivity index (χ1v) is 18.1. The van der Waals surface area contributed by atoms with Crippen molar-refractivity contribution in [1.82, 2.24) is 4.57 Å². The average Bonchev–Trinajstić information content (AvgIpc) is 3.33. The number of hydrogen-bond acceptors (Lipinski definition) is 2. The van der Waals surface area contributed by atoms with Crippen molar-refractivity contribution in [3.05, 3.63) is 139 Å². The zero-order chi connectivity index (χ0) is 28.0. The molecule has 6 aromatic carbocycles. The van der Waals surface area contributed by atoms with Crippen LogP contribution in [-0.2, 0) is 0 Å². The fourth-order valence-corrected chi connectivity index (χ4v) is 16.6. The third-order valence-electron chi connectivity index (χ3n) is 9.00. The first-order chi connectivity index (χ1) is 20.6. The molecule has 1 atom stereocenters. The van der Waals surface area contributed by atoms with Crippen LogP contribution in [0.5, 0.6) is 0 Å². The molecule has 4 heteroatoms. The molecule has 0 bridgehead atoms. The van der Waals surface area contributed by atoms with Crippen LogP contribution in [0.4, 0.5) is 0 Å². The van der Waals surface area contributed by atoms with Crippen LogP contribution in [-0.4, -0.2) is 12.6 Å². The van der Waals surface area contributed by atoms with E-state index >= 15 is 0 Å². The van der Waals surface area contributed by atoms with E-state index in [1.807, 2.05) is 23.5 Å². The second-order valence-electron chi connectivity index (χ2n) is 11.5. The highest BCUT2D eigenvalue weighted by molar-refractivity contribution is 8.01. The molecule has 1 unspecified atom stereocenters. The van der Waals surface area contributed by atoms with Crippen LogP contribution in [0.15, 0.2) is 147 Å². The van der Waals surface area contributed by atoms with Crippen LogP contribution in [0.2, 0.25) is 0 Å². The molecule has 0 N–H and O–H groups in total. The number of aromatic nitrogens is 1. The Morgan fingerprint density at radius 3 is 1.81 bits per heavy atom. The van der Waals surface area contributed by atoms with E-state index in [0.717, 1.165) is 0 Å². The first kappa shape index (κ1) is 24.6. The summed E-state index contributed by atoms with van der Waals surface area (Å²) in [5.41, 5.74) is 6.34. The van der Waals surface area contributed by atoms with Gasteiger partial charge in [0.15, 0.2) is 8.07 Å². The van der Waals surface area contributed by atoms with E-state index in [1.165, 1.54) is 73.8 Å². The molecule has 200 valence electrons. The molecule has 0 fully saturated rings. The lowest BCUT2D eigenvalue weighted by Gasteiger charge is -2.44. The minimum absolute atomic E-state index is 1.23. The quantitative estimate of drug-likeness (QED) is 0.190. The van der Waals surface area contributed by atoms with Gasteiger partial charge in [0.1, 0.15) is 0 Å². The second-order valence-corrected chi connectivity index (χ2v) is 17.3. The Hall–Kier alpha value is -3.96. The van der Waals surface area contributed by atoms with Crippen molar-refractivity contribution in [1.29, 1.82) is 0 Å². The van der Waals surface area contributed by atoms with E-state index in [1.54, 1.807) is 5.19 Å². The molecule has 0 saturated carbocycles. The van der Waals surface area contributed by atoms with Gasteiger partial charge in [0.05, 0.1) is 11.0 Å². The van der Waals surface area contributed by atoms with Crippen LogP contribution in [0, 0.1) is 13.8 Å². The van der Waals surface area contributed by atoms with Crippen molar-refractivity contribution in [3.8, 4) is 5.69 Å². The van der Waals surface area contributed by atoms with Crippen molar-refractivity contribution < 1.29 is 0 Å². The van der Waals surface area contributed by atoms with Gasteiger partial charge in [-0.3, -0.25) is 0 Å². The van der Waals surface area contributed by atoms with Crippen LogP contribution in [0.25, 0.3) is 27.5 Å². The molecule has 42 heavy (non-hydrogen) atoms. The summed E-state index contributed by atoms with van der Waals surface area (Å²) in [7, 11) is -2.53. The monoisotopic (exact) mass is 589 g/mol. The van der Waals surface area contributed by atoms with Crippen molar-refractivity contribution >= 4 is 74.2 Å². The fraction of sp³-hybridized carbons (Fsp3) is 0.0526. The number of nitrogens with zero attached hydrogens (tertiary/aromatic N) is 1. The minimum Gasteiger partial charge on any atom is -0.309 e. The molecule has 2 aliphatic heterocycles. The van der Waals surface area contributed by atoms with Gasteiger partial charge in [-0.05, 0) is 89.2 Å². The highest BCUT2D eigenvalue weighted by atomic mass is 32.2. The molecule has 0 radical (unpaired) electrons. The predicted octanol–water partition coefficient (Wildman–Crippen LogP) is 7.71. The molecule has 7 aromatic rings. The lowest BCUT2D eigenvalue weighted by molar-refractivity contribution is 1.16. The Labute approximate surface area is 255 Å². The maximum Gasteiger partial charge on any atom is 0.184 e. The third-order valence-corrected chi connectivity index (χ3v) is 17.0. The molecular weight excluding hydrogens is 563 g/mol. The van der Waals surface area contributed by atoms with Crippen molar-refractivity contribution in [2.24, 2.45) is 0 Å². The molecule has 1 aromatic heterocycles. The molecule has 2 aliphatic rings. The van der Waals surface area contributed by atoms with Gasteiger partial charge in [0.2, 0.25) is 0 Å². The number of benzene rings is 6. The summed E-state index contributed by atoms with van der Waals surface area (Å²) in [4.78, 5) is 5.59. The maximum atomic E-state index is 2.48. The first-order valence-electron chi connectivity index (χ1n) is 14.4. The summed E-state index contributed by atoms with van der Waals surface area (Å²) < 4.78 is 2.47. The summed E-state index contributed by atoms with van der Waals surface area (Å²) in [6.45, 7) is 4.38. The van der Waals surface area contributed by atoms with E-state index in [4.69, 9.17) is 0 Å². The van der Waals surface area contributed by atoms with Crippen molar-refractivity contribution in [2.45, 2.75) is 33.4 Å². The smallest absolute Gasteiger partial charge is 0.184 e. The minimum atomic E-state index is -2.53. The highest BCUT2D eigenvalue weighted by Crippen LogP contribution is 2.42. The molecule has 1 nitrogen and oxygen atoms in total. The Kier molecular flexibility index (Phi) is 5.29. The van der Waals surface area contributed by atoms with E-state index in [0.29, 0.717) is 0 Å². The molecular formula is C38H27NS2Si. The Bertz CT molecular complexity index is 2170. The Morgan fingerprint density at radius 2 is 1.10 bits per heavy atom. The zero-order valence-electron chi connectivity index (χ0n) is 23.4. The summed E-state index contributed by atoms with van der Waals surface area (Å²) in [5.74, 6) is 0. The van der Waals surface area contributed by atoms with Crippen LogP contribution < -0.4 is 20.7 Å². The summed E-state index contributed by atoms with van der Waals surface area (Å²) >= 11 is 3.89. The Balaban J connectivity index is 1.37. The normalized spacial score (nSPS) is 16.7. The Morgan fingerprint density at radius 1 is 0.500 bits per heavy atom. The standard InChI is InChI=1S/C38H27NS2Si/c1-24-15-18-30-28(21-24)29-22-25(2)16-19-31(29)39(30)26-17-20-37-35(23-26)41-34-13-8-12-33-38(34)42(37,27-9-4-3-5-10-27)36-14-7-6-11-32(36)40-33/h3-23H,1-2H3. The topological polar surface area (TPSA) is 4.93 Å². The number of rotatable bonds is 2. The summed E-state index contributed by atoms with van der Waals surface area (Å²) in [6.07, 6.45) is 0. The van der Waals surface area contributed by atoms with Gasteiger partial charge in [0.25, 0.3) is 0 Å². The SMILES string of the molecule is Cc1ccc2c(c1)c1cc(C)ccc1n2-c1ccc2c(c1)Sc1cccc3c1[Si]2(c1ccccc1)c1ccccc1S3. The largest absolute Gasteiger partial charge is 0.309 e. The second kappa shape index (κ2) is 9.02. The molecule has 0 amide bonds. The number of fused-ring (bicyclic) bond motifs is 7. The van der Waals surface area contributed by atoms with Crippen molar-refractivity contribution in [2.75, 3.05) is 0 Å². The van der Waals surface area contributed by atoms with Gasteiger partial charge in [-0.15, -0.1) is 0 Å². The number of aryl methyl sites for hydroxylation is 2. The van der Waals surface area contributed by atoms with Crippen molar-refractivity contribution in [3.63, 3.8) is 0 Å². The average molecular weight is 590 g/mol. The zero-order valence-corrected chi connectivity index (χ0v) is 26.0. The van der Waals surface area contributed by atoms with Crippen LogP contribution in [0.3, 0.4) is 0 Å². The molecule has 0 spiro atoms. The maximum absolute atomic E-state index is 2.53. The van der Waals surface area contributed by atoms with Crippen LogP contribution >= 0.6 is 23.5 Å². The molecule has 0 aliphatic carbocycles. The fourth-order valence-electron chi connectivity index (χ4n) is 7.28. The van der Waals surface area contributed by atoms with Gasteiger partial charge in [-0.25, -0.2) is 0 Å². The van der Waals surface area contributed by atoms with Gasteiger partial charge in [0, 0.05) is 36.0 Å². The molecule has 9 rings (SSSR count). The van der Waals surface area contributed by atoms with Gasteiger partial charge in [-0.1, -0.05) is 107 Å². The van der Waals surface area contributed by atoms with Gasteiger partial charge in [-0.2, -0.15) is 0 Å². The predicted molar refractivity (Wildman–Crippen MR) is 182 cm³/mol.